The topological polar surface area (TPSA) is 34.1 Å². The van der Waals surface area contributed by atoms with Crippen molar-refractivity contribution in [1.82, 2.24) is 0 Å². The first kappa shape index (κ1) is 8.84. The molecule has 0 aromatic carbocycles. The molecule has 0 N–H and O–H groups in total. The zero-order valence-corrected chi connectivity index (χ0v) is 6.03. The summed E-state index contributed by atoms with van der Waals surface area (Å²) in [5.41, 5.74) is 0. The van der Waals surface area contributed by atoms with Crippen LogP contribution >= 0.6 is 0 Å². The molecule has 0 saturated heterocycles. The monoisotopic (exact) mass is 247 g/mol. The summed E-state index contributed by atoms with van der Waals surface area (Å²) < 4.78 is 16.6. The van der Waals surface area contributed by atoms with E-state index in [0.29, 0.717) is 35.4 Å². The van der Waals surface area contributed by atoms with Crippen LogP contribution in [0.2, 0.25) is 0 Å². The Bertz CT molecular complexity index is 8.00. The standard InChI is InChI=1S/Al.2O.Re.H. The van der Waals surface area contributed by atoms with Crippen LogP contribution in [0.3, 0.4) is 0 Å². The van der Waals surface area contributed by atoms with E-state index >= 15 is 0 Å². The molecule has 4 heavy (non-hydrogen) atoms. The van der Waals surface area contributed by atoms with Gasteiger partial charge in [-0.1, -0.05) is 0 Å². The van der Waals surface area contributed by atoms with E-state index in [1.54, 1.807) is 0 Å². The quantitative estimate of drug-likeness (QED) is 0.520. The van der Waals surface area contributed by atoms with Crippen molar-refractivity contribution < 1.29 is 26.4 Å². The van der Waals surface area contributed by atoms with Crippen molar-refractivity contribution in [3.8, 4) is 0 Å². The Kier molecular flexibility index (Phi) is 104. The molecule has 2 nitrogen and oxygen atoms in total. The maximum atomic E-state index is 8.31. The van der Waals surface area contributed by atoms with Gasteiger partial charge in [0.05, 0.1) is 0 Å². The molecule has 0 aromatic rings. The molecule has 0 heterocycles. The maximum absolute atomic E-state index is 8.31. The molecule has 0 aromatic heterocycles. The second kappa shape index (κ2) is 46.9. The fourth-order valence-electron chi connectivity index (χ4n) is 0. The summed E-state index contributed by atoms with van der Waals surface area (Å²) in [6.07, 6.45) is 0. The molecule has 0 atom stereocenters. The summed E-state index contributed by atoms with van der Waals surface area (Å²) in [6.45, 7) is 0. The van der Waals surface area contributed by atoms with Gasteiger partial charge in [-0.3, -0.25) is 0 Å². The predicted molar refractivity (Wildman–Crippen MR) is 8.52 cm³/mol. The third-order valence-corrected chi connectivity index (χ3v) is 0. The third-order valence-electron chi connectivity index (χ3n) is 0. The molecule has 0 aliphatic heterocycles. The van der Waals surface area contributed by atoms with E-state index in [1.165, 1.54) is 0 Å². The van der Waals surface area contributed by atoms with Gasteiger partial charge in [-0.15, -0.1) is 0 Å². The predicted octanol–water partition coefficient (Wildman–Crippen LogP) is -0.889. The van der Waals surface area contributed by atoms with Gasteiger partial charge in [0, 0.05) is 0 Å². The Hall–Kier alpha value is 0.795. The molecule has 4 heteroatoms. The first-order valence-electron chi connectivity index (χ1n) is 0.443. The Labute approximate surface area is 42.9 Å². The SMILES string of the molecule is [O]=[AlH].[O]=[Re]. The third kappa shape index (κ3) is 14.3. The molecule has 23 valence electrons. The molecule has 0 bridgehead atoms. The van der Waals surface area contributed by atoms with Crippen LogP contribution in [0.15, 0.2) is 0 Å². The van der Waals surface area contributed by atoms with Gasteiger partial charge in [0.25, 0.3) is 0 Å². The van der Waals surface area contributed by atoms with Gasteiger partial charge < -0.3 is 0 Å². The van der Waals surface area contributed by atoms with Crippen molar-refractivity contribution in [3.63, 3.8) is 0 Å². The molecule has 0 spiro atoms. The molecule has 0 saturated carbocycles. The van der Waals surface area contributed by atoms with Gasteiger partial charge in [-0.2, -0.15) is 0 Å². The van der Waals surface area contributed by atoms with Crippen LogP contribution in [0.1, 0.15) is 0 Å². The van der Waals surface area contributed by atoms with Crippen LogP contribution in [-0.4, -0.2) is 16.2 Å². The summed E-state index contributed by atoms with van der Waals surface area (Å²) in [7, 11) is 0. The minimum absolute atomic E-state index is 0.472. The van der Waals surface area contributed by atoms with E-state index in [9.17, 15) is 0 Å². The Morgan fingerprint density at radius 3 is 1.25 bits per heavy atom. The van der Waals surface area contributed by atoms with Crippen LogP contribution in [0.25, 0.3) is 0 Å². The second-order valence-corrected chi connectivity index (χ2v) is 0. The molecule has 0 rings (SSSR count). The van der Waals surface area contributed by atoms with E-state index in [4.69, 9.17) is 7.27 Å². The molecule has 0 amide bonds. The summed E-state index contributed by atoms with van der Waals surface area (Å²) >= 11 is 1.08. The Morgan fingerprint density at radius 1 is 1.25 bits per heavy atom. The number of hydrogen-bond donors (Lipinski definition) is 0. The normalized spacial score (nSPS) is 1.75. The van der Waals surface area contributed by atoms with Gasteiger partial charge in [0.15, 0.2) is 0 Å². The van der Waals surface area contributed by atoms with Crippen molar-refractivity contribution in [2.75, 3.05) is 0 Å². The minimum atomic E-state index is 0.472. The molecular weight excluding hydrogens is 245 g/mol. The Balaban J connectivity index is 0. The van der Waals surface area contributed by atoms with Crippen molar-refractivity contribution in [1.29, 1.82) is 0 Å². The molecule has 0 unspecified atom stereocenters. The van der Waals surface area contributed by atoms with Gasteiger partial charge in [0.2, 0.25) is 0 Å². The summed E-state index contributed by atoms with van der Waals surface area (Å²) in [5, 5.41) is 0. The number of hydrogen-bond acceptors (Lipinski definition) is 2. The second-order valence-electron chi connectivity index (χ2n) is 0. The van der Waals surface area contributed by atoms with Crippen molar-refractivity contribution in [2.24, 2.45) is 0 Å². The van der Waals surface area contributed by atoms with Gasteiger partial charge in [-0.05, 0) is 0 Å². The van der Waals surface area contributed by atoms with Crippen LogP contribution < -0.4 is 0 Å². The van der Waals surface area contributed by atoms with Crippen molar-refractivity contribution in [2.45, 2.75) is 0 Å². The fourth-order valence-corrected chi connectivity index (χ4v) is 0. The average Bonchev–Trinajstić information content (AvgIpc) is 1.50. The van der Waals surface area contributed by atoms with Crippen molar-refractivity contribution >= 4 is 16.2 Å². The summed E-state index contributed by atoms with van der Waals surface area (Å²) in [6, 6.07) is 0. The van der Waals surface area contributed by atoms with Gasteiger partial charge >= 0.3 is 42.7 Å². The Morgan fingerprint density at radius 2 is 1.25 bits per heavy atom. The molecule has 0 fully saturated rings. The van der Waals surface area contributed by atoms with E-state index in [1.807, 2.05) is 0 Å². The molecular formula is HAlO2Re. The van der Waals surface area contributed by atoms with Crippen LogP contribution in [-0.2, 0) is 26.4 Å². The summed E-state index contributed by atoms with van der Waals surface area (Å²) in [5.74, 6) is 0. The van der Waals surface area contributed by atoms with E-state index in [0.717, 1.165) is 0 Å². The van der Waals surface area contributed by atoms with Crippen LogP contribution in [0.5, 0.6) is 0 Å². The van der Waals surface area contributed by atoms with Gasteiger partial charge in [0.1, 0.15) is 0 Å². The average molecular weight is 246 g/mol. The molecule has 0 radical (unpaired) electrons. The van der Waals surface area contributed by atoms with E-state index in [2.05, 4.69) is 0 Å². The van der Waals surface area contributed by atoms with Crippen LogP contribution in [0, 0.1) is 0 Å². The van der Waals surface area contributed by atoms with Crippen LogP contribution in [0.4, 0.5) is 0 Å². The van der Waals surface area contributed by atoms with Crippen molar-refractivity contribution in [3.05, 3.63) is 0 Å². The first-order valence-corrected chi connectivity index (χ1v) is 2.13. The first-order chi connectivity index (χ1) is 2.00. The fraction of sp³-hybridized carbons (Fsp3) is 0. The summed E-state index contributed by atoms with van der Waals surface area (Å²) in [4.78, 5) is 0. The molecule has 0 aliphatic rings. The van der Waals surface area contributed by atoms with E-state index < -0.39 is 0 Å². The molecule has 0 aliphatic carbocycles. The zero-order valence-electron chi connectivity index (χ0n) is 1.90. The number of rotatable bonds is 0. The van der Waals surface area contributed by atoms with E-state index in [-0.39, 0.29) is 0 Å². The van der Waals surface area contributed by atoms with Gasteiger partial charge in [-0.25, -0.2) is 0 Å². The zero-order chi connectivity index (χ0) is 4.00.